The highest BCUT2D eigenvalue weighted by Crippen LogP contribution is 2.50. The number of rotatable bonds is 7. The fraction of sp³-hybridized carbons (Fsp3) is 0.0492. The van der Waals surface area contributed by atoms with Gasteiger partial charge in [-0.25, -0.2) is 0 Å². The van der Waals surface area contributed by atoms with Crippen molar-refractivity contribution < 1.29 is 4.42 Å². The highest BCUT2D eigenvalue weighted by molar-refractivity contribution is 6.06. The van der Waals surface area contributed by atoms with Crippen molar-refractivity contribution in [2.24, 2.45) is 0 Å². The fourth-order valence-corrected chi connectivity index (χ4v) is 10.1. The summed E-state index contributed by atoms with van der Waals surface area (Å²) in [5.74, 6) is 0. The number of hydrogen-bond acceptors (Lipinski definition) is 2. The van der Waals surface area contributed by atoms with E-state index in [2.05, 4.69) is 231 Å². The molecule has 12 rings (SSSR count). The van der Waals surface area contributed by atoms with Gasteiger partial charge in [0.15, 0.2) is 0 Å². The Morgan fingerprint density at radius 2 is 0.873 bits per heavy atom. The van der Waals surface area contributed by atoms with E-state index in [0.717, 1.165) is 61.3 Å². The smallest absolute Gasteiger partial charge is 0.136 e. The molecule has 1 heterocycles. The summed E-state index contributed by atoms with van der Waals surface area (Å²) in [6, 6.07) is 81.7. The third-order valence-corrected chi connectivity index (χ3v) is 13.3. The lowest BCUT2D eigenvalue weighted by Crippen LogP contribution is -2.14. The van der Waals surface area contributed by atoms with E-state index in [1.807, 2.05) is 12.1 Å². The summed E-state index contributed by atoms with van der Waals surface area (Å²) in [6.45, 7) is 4.69. The molecule has 0 amide bonds. The summed E-state index contributed by atoms with van der Waals surface area (Å²) in [6.07, 6.45) is 0. The molecule has 0 fully saturated rings. The van der Waals surface area contributed by atoms with Gasteiger partial charge in [0.2, 0.25) is 0 Å². The van der Waals surface area contributed by atoms with Gasteiger partial charge in [-0.05, 0) is 133 Å². The number of hydrogen-bond donors (Lipinski definition) is 0. The van der Waals surface area contributed by atoms with Crippen LogP contribution in [0.25, 0.3) is 88.3 Å². The van der Waals surface area contributed by atoms with Crippen molar-refractivity contribution in [1.82, 2.24) is 0 Å². The second kappa shape index (κ2) is 14.6. The monoisotopic (exact) mass is 805 g/mol. The van der Waals surface area contributed by atoms with Crippen LogP contribution in [0, 0.1) is 0 Å². The molecule has 0 atom stereocenters. The Morgan fingerprint density at radius 3 is 1.67 bits per heavy atom. The molecule has 1 aliphatic carbocycles. The van der Waals surface area contributed by atoms with Gasteiger partial charge >= 0.3 is 0 Å². The number of benzene rings is 10. The summed E-state index contributed by atoms with van der Waals surface area (Å²) in [5.41, 5.74) is 19.9. The van der Waals surface area contributed by atoms with Gasteiger partial charge in [0, 0.05) is 33.1 Å². The third-order valence-electron chi connectivity index (χ3n) is 13.3. The van der Waals surface area contributed by atoms with Crippen molar-refractivity contribution in [2.45, 2.75) is 19.3 Å². The zero-order valence-electron chi connectivity index (χ0n) is 35.2. The fourth-order valence-electron chi connectivity index (χ4n) is 10.1. The third kappa shape index (κ3) is 6.17. The summed E-state index contributed by atoms with van der Waals surface area (Å²) in [5, 5.41) is 4.77. The molecule has 1 aromatic heterocycles. The number of fused-ring (bicyclic) bond motifs is 7. The van der Waals surface area contributed by atoms with Gasteiger partial charge in [-0.3, -0.25) is 0 Å². The molecule has 298 valence electrons. The van der Waals surface area contributed by atoms with Crippen LogP contribution in [-0.2, 0) is 5.41 Å². The second-order valence-electron chi connectivity index (χ2n) is 17.3. The minimum Gasteiger partial charge on any atom is -0.456 e. The van der Waals surface area contributed by atoms with Crippen molar-refractivity contribution in [3.63, 3.8) is 0 Å². The first-order valence-electron chi connectivity index (χ1n) is 21.8. The number of furan rings is 1. The van der Waals surface area contributed by atoms with Crippen molar-refractivity contribution in [1.29, 1.82) is 0 Å². The number of anilines is 3. The number of para-hydroxylation sites is 2. The van der Waals surface area contributed by atoms with Crippen LogP contribution in [0.1, 0.15) is 25.0 Å². The maximum atomic E-state index is 6.29. The van der Waals surface area contributed by atoms with E-state index in [1.165, 1.54) is 55.3 Å². The normalized spacial score (nSPS) is 12.7. The molecule has 0 saturated heterocycles. The van der Waals surface area contributed by atoms with Crippen LogP contribution in [0.5, 0.6) is 0 Å². The maximum absolute atomic E-state index is 6.29. The van der Waals surface area contributed by atoms with Gasteiger partial charge < -0.3 is 9.32 Å². The van der Waals surface area contributed by atoms with E-state index in [9.17, 15) is 0 Å². The van der Waals surface area contributed by atoms with Crippen LogP contribution in [0.15, 0.2) is 229 Å². The summed E-state index contributed by atoms with van der Waals surface area (Å²) >= 11 is 0. The molecule has 2 heteroatoms. The van der Waals surface area contributed by atoms with Gasteiger partial charge in [-0.15, -0.1) is 0 Å². The van der Waals surface area contributed by atoms with Crippen LogP contribution in [0.4, 0.5) is 17.1 Å². The Labute approximate surface area is 368 Å². The minimum absolute atomic E-state index is 0.0583. The van der Waals surface area contributed by atoms with E-state index >= 15 is 0 Å². The van der Waals surface area contributed by atoms with Gasteiger partial charge in [0.25, 0.3) is 0 Å². The van der Waals surface area contributed by atoms with E-state index in [0.29, 0.717) is 0 Å². The zero-order chi connectivity index (χ0) is 42.1. The first-order chi connectivity index (χ1) is 31.0. The van der Waals surface area contributed by atoms with Gasteiger partial charge in [-0.2, -0.15) is 0 Å². The molecule has 63 heavy (non-hydrogen) atoms. The van der Waals surface area contributed by atoms with Crippen molar-refractivity contribution >= 4 is 49.8 Å². The predicted octanol–water partition coefficient (Wildman–Crippen LogP) is 17.2. The lowest BCUT2D eigenvalue weighted by atomic mass is 9.81. The standard InChI is InChI=1S/C61H43NO/c1-61(2)56-22-8-5-19-52(56)53-35-29-43(38-57(53)61)40-25-31-47(32-26-40)62(48-33-27-41(28-34-48)44-30-36-55-54-20-7-10-24-59(54)63-60(55)39-44)58-23-9-6-18-51(58)46-16-11-15-45(37-46)50-21-12-14-42-13-3-4-17-49(42)50/h3-39H,1-2H3. The Morgan fingerprint density at radius 1 is 0.333 bits per heavy atom. The van der Waals surface area contributed by atoms with Crippen molar-refractivity contribution in [3.8, 4) is 55.6 Å². The zero-order valence-corrected chi connectivity index (χ0v) is 35.2. The highest BCUT2D eigenvalue weighted by Gasteiger charge is 2.35. The summed E-state index contributed by atoms with van der Waals surface area (Å²) in [7, 11) is 0. The predicted molar refractivity (Wildman–Crippen MR) is 265 cm³/mol. The largest absolute Gasteiger partial charge is 0.456 e. The molecular weight excluding hydrogens is 763 g/mol. The first kappa shape index (κ1) is 36.9. The topological polar surface area (TPSA) is 16.4 Å². The molecule has 0 saturated carbocycles. The molecule has 0 unspecified atom stereocenters. The van der Waals surface area contributed by atoms with Gasteiger partial charge in [-0.1, -0.05) is 178 Å². The SMILES string of the molecule is CC1(C)c2ccccc2-c2ccc(-c3ccc(N(c4ccc(-c5ccc6c(c5)oc5ccccc56)cc4)c4ccccc4-c4cccc(-c5cccc6ccccc56)c4)cc3)cc21. The first-order valence-corrected chi connectivity index (χ1v) is 21.8. The van der Waals surface area contributed by atoms with Crippen LogP contribution in [0.3, 0.4) is 0 Å². The van der Waals surface area contributed by atoms with Crippen LogP contribution in [-0.4, -0.2) is 0 Å². The van der Waals surface area contributed by atoms with Crippen molar-refractivity contribution in [3.05, 3.63) is 236 Å². The lowest BCUT2D eigenvalue weighted by molar-refractivity contribution is 0.660. The molecule has 2 nitrogen and oxygen atoms in total. The van der Waals surface area contributed by atoms with Crippen LogP contribution in [0.2, 0.25) is 0 Å². The van der Waals surface area contributed by atoms with Crippen LogP contribution >= 0.6 is 0 Å². The second-order valence-corrected chi connectivity index (χ2v) is 17.3. The molecule has 0 N–H and O–H groups in total. The van der Waals surface area contributed by atoms with Crippen LogP contribution < -0.4 is 4.90 Å². The Kier molecular flexibility index (Phi) is 8.55. The Hall–Kier alpha value is -7.94. The highest BCUT2D eigenvalue weighted by atomic mass is 16.3. The van der Waals surface area contributed by atoms with E-state index in [1.54, 1.807) is 0 Å². The molecule has 0 spiro atoms. The number of nitrogens with zero attached hydrogens (tertiary/aromatic N) is 1. The molecule has 1 aliphatic rings. The molecule has 0 bridgehead atoms. The van der Waals surface area contributed by atoms with Gasteiger partial charge in [0.1, 0.15) is 11.2 Å². The quantitative estimate of drug-likeness (QED) is 0.160. The molecule has 11 aromatic rings. The molecule has 0 aliphatic heterocycles. The van der Waals surface area contributed by atoms with Gasteiger partial charge in [0.05, 0.1) is 5.69 Å². The summed E-state index contributed by atoms with van der Waals surface area (Å²) in [4.78, 5) is 2.40. The maximum Gasteiger partial charge on any atom is 0.136 e. The average molecular weight is 806 g/mol. The van der Waals surface area contributed by atoms with E-state index in [-0.39, 0.29) is 5.41 Å². The molecular formula is C61H43NO. The Balaban J connectivity index is 0.957. The molecule has 0 radical (unpaired) electrons. The molecule has 10 aromatic carbocycles. The minimum atomic E-state index is -0.0583. The van der Waals surface area contributed by atoms with E-state index < -0.39 is 0 Å². The average Bonchev–Trinajstić information content (AvgIpc) is 3.83. The summed E-state index contributed by atoms with van der Waals surface area (Å²) < 4.78 is 6.29. The van der Waals surface area contributed by atoms with E-state index in [4.69, 9.17) is 4.42 Å². The Bertz CT molecular complexity index is 3530. The van der Waals surface area contributed by atoms with Crippen molar-refractivity contribution in [2.75, 3.05) is 4.90 Å². The lowest BCUT2D eigenvalue weighted by Gasteiger charge is -2.28.